The molecule has 2 aromatic rings. The van der Waals surface area contributed by atoms with Crippen LogP contribution < -0.4 is 48.1 Å². The first-order valence-electron chi connectivity index (χ1n) is 10.0. The summed E-state index contributed by atoms with van der Waals surface area (Å²) in [5.74, 6) is 0.141. The van der Waals surface area contributed by atoms with Gasteiger partial charge in [-0.1, -0.05) is 6.07 Å². The lowest BCUT2D eigenvalue weighted by Crippen LogP contribution is -2.53. The van der Waals surface area contributed by atoms with Crippen molar-refractivity contribution >= 4 is 25.9 Å². The number of benzene rings is 1. The second kappa shape index (κ2) is 9.55. The summed E-state index contributed by atoms with van der Waals surface area (Å²) in [7, 11) is -8.77. The maximum Gasteiger partial charge on any atom is 0.241 e. The van der Waals surface area contributed by atoms with Gasteiger partial charge in [-0.3, -0.25) is 0 Å². The molecule has 0 saturated carbocycles. The van der Waals surface area contributed by atoms with Crippen LogP contribution in [0.1, 0.15) is 11.7 Å². The van der Waals surface area contributed by atoms with Gasteiger partial charge in [0, 0.05) is 49.5 Å². The predicted octanol–water partition coefficient (Wildman–Crippen LogP) is -3.07. The zero-order valence-electron chi connectivity index (χ0n) is 17.4. The lowest BCUT2D eigenvalue weighted by atomic mass is 9.98. The standard InChI is InChI=1S/C17H26N10O4S2/c18-16-12(2-1-5-22-16)11-3-4-13(33(30,31)23-9-10-8-20-6-7-21-10)15(32(19,28)29)14(11)17-24-26-27-25-17/h1-5,10,17,20-21,23-27H,6-9H2,(H2,18,22)(H2,19,28,29)/t10-/m1/s1. The Kier molecular flexibility index (Phi) is 6.91. The number of nitrogen functional groups attached to an aromatic ring is 1. The molecular weight excluding hydrogens is 472 g/mol. The van der Waals surface area contributed by atoms with Crippen LogP contribution in [-0.2, 0) is 20.0 Å². The van der Waals surface area contributed by atoms with E-state index in [0.717, 1.165) is 6.54 Å². The fourth-order valence-corrected chi connectivity index (χ4v) is 6.53. The Labute approximate surface area is 191 Å². The molecule has 0 bridgehead atoms. The predicted molar refractivity (Wildman–Crippen MR) is 121 cm³/mol. The van der Waals surface area contributed by atoms with Gasteiger partial charge in [-0.15, -0.1) is 0 Å². The van der Waals surface area contributed by atoms with Crippen LogP contribution in [0, 0.1) is 0 Å². The van der Waals surface area contributed by atoms with Gasteiger partial charge in [-0.2, -0.15) is 11.1 Å². The zero-order chi connectivity index (χ0) is 23.6. The number of anilines is 1. The van der Waals surface area contributed by atoms with Crippen LogP contribution in [0.4, 0.5) is 5.82 Å². The zero-order valence-corrected chi connectivity index (χ0v) is 19.1. The van der Waals surface area contributed by atoms with E-state index in [1.165, 1.54) is 18.3 Å². The Morgan fingerprint density at radius 3 is 2.45 bits per heavy atom. The Bertz CT molecular complexity index is 1230. The second-order valence-corrected chi connectivity index (χ2v) is 10.7. The van der Waals surface area contributed by atoms with Crippen molar-refractivity contribution in [3.63, 3.8) is 0 Å². The van der Waals surface area contributed by atoms with E-state index in [1.807, 2.05) is 0 Å². The fourth-order valence-electron chi connectivity index (χ4n) is 3.79. The van der Waals surface area contributed by atoms with Crippen molar-refractivity contribution in [3.05, 3.63) is 36.0 Å². The van der Waals surface area contributed by atoms with Crippen LogP contribution in [0.5, 0.6) is 0 Å². The van der Waals surface area contributed by atoms with Gasteiger partial charge in [-0.05, 0) is 23.8 Å². The van der Waals surface area contributed by atoms with Crippen molar-refractivity contribution in [3.8, 4) is 11.1 Å². The molecule has 2 aliphatic rings. The molecule has 0 spiro atoms. The van der Waals surface area contributed by atoms with Crippen molar-refractivity contribution in [2.45, 2.75) is 22.0 Å². The van der Waals surface area contributed by atoms with E-state index in [2.05, 4.69) is 42.3 Å². The van der Waals surface area contributed by atoms with Crippen LogP contribution >= 0.6 is 0 Å². The minimum absolute atomic E-state index is 0.0646. The molecule has 0 radical (unpaired) electrons. The average molecular weight is 499 g/mol. The number of hydrogen-bond donors (Lipinski definition) is 9. The lowest BCUT2D eigenvalue weighted by molar-refractivity contribution is 0.414. The molecule has 1 aromatic heterocycles. The number of piperazine rings is 1. The van der Waals surface area contributed by atoms with Crippen LogP contribution in [0.2, 0.25) is 0 Å². The monoisotopic (exact) mass is 498 g/mol. The normalized spacial score (nSPS) is 20.2. The number of pyridine rings is 1. The average Bonchev–Trinajstić information content (AvgIpc) is 3.32. The van der Waals surface area contributed by atoms with E-state index in [9.17, 15) is 16.8 Å². The third-order valence-corrected chi connectivity index (χ3v) is 7.90. The van der Waals surface area contributed by atoms with Crippen molar-refractivity contribution < 1.29 is 16.8 Å². The molecule has 1 aromatic carbocycles. The fraction of sp³-hybridized carbons (Fsp3) is 0.353. The Balaban J connectivity index is 1.86. The van der Waals surface area contributed by atoms with E-state index >= 15 is 0 Å². The summed E-state index contributed by atoms with van der Waals surface area (Å²) in [4.78, 5) is 3.03. The highest BCUT2D eigenvalue weighted by molar-refractivity contribution is 7.92. The number of hydrazine groups is 3. The largest absolute Gasteiger partial charge is 0.383 e. The van der Waals surface area contributed by atoms with Crippen LogP contribution in [0.3, 0.4) is 0 Å². The summed E-state index contributed by atoms with van der Waals surface area (Å²) in [6.07, 6.45) is 0.623. The Morgan fingerprint density at radius 1 is 1.06 bits per heavy atom. The second-order valence-electron chi connectivity index (χ2n) is 7.51. The first-order chi connectivity index (χ1) is 15.7. The van der Waals surface area contributed by atoms with Crippen LogP contribution in [0.25, 0.3) is 11.1 Å². The summed E-state index contributed by atoms with van der Waals surface area (Å²) >= 11 is 0. The maximum atomic E-state index is 13.2. The number of nitrogens with two attached hydrogens (primary N) is 2. The molecule has 2 aliphatic heterocycles. The summed E-state index contributed by atoms with van der Waals surface area (Å²) < 4.78 is 54.5. The summed E-state index contributed by atoms with van der Waals surface area (Å²) in [6, 6.07) is 5.82. The number of rotatable bonds is 7. The number of primary sulfonamides is 1. The maximum absolute atomic E-state index is 13.2. The molecule has 33 heavy (non-hydrogen) atoms. The molecule has 0 amide bonds. The molecule has 3 heterocycles. The molecule has 11 N–H and O–H groups in total. The quantitative estimate of drug-likeness (QED) is 0.186. The van der Waals surface area contributed by atoms with Gasteiger partial charge >= 0.3 is 0 Å². The highest BCUT2D eigenvalue weighted by atomic mass is 32.2. The topological polar surface area (TPSA) is 217 Å². The van der Waals surface area contributed by atoms with E-state index in [4.69, 9.17) is 10.9 Å². The molecule has 0 unspecified atom stereocenters. The molecule has 4 rings (SSSR count). The van der Waals surface area contributed by atoms with Gasteiger partial charge in [-0.25, -0.2) is 42.5 Å². The van der Waals surface area contributed by atoms with E-state index in [1.54, 1.807) is 12.1 Å². The van der Waals surface area contributed by atoms with Crippen molar-refractivity contribution in [1.82, 2.24) is 42.3 Å². The lowest BCUT2D eigenvalue weighted by Gasteiger charge is -2.25. The Morgan fingerprint density at radius 2 is 1.82 bits per heavy atom. The van der Waals surface area contributed by atoms with Crippen molar-refractivity contribution in [1.29, 1.82) is 0 Å². The summed E-state index contributed by atoms with van der Waals surface area (Å²) in [5, 5.41) is 11.9. The smallest absolute Gasteiger partial charge is 0.241 e. The molecule has 180 valence electrons. The van der Waals surface area contributed by atoms with Gasteiger partial charge in [0.2, 0.25) is 20.0 Å². The Hall–Kier alpha value is -2.25. The van der Waals surface area contributed by atoms with Gasteiger partial charge < -0.3 is 16.4 Å². The number of nitrogens with one attached hydrogen (secondary N) is 7. The molecule has 1 atom stereocenters. The number of nitrogens with zero attached hydrogens (tertiary/aromatic N) is 1. The molecule has 2 saturated heterocycles. The first-order valence-corrected chi connectivity index (χ1v) is 13.1. The van der Waals surface area contributed by atoms with Crippen molar-refractivity contribution in [2.75, 3.05) is 31.9 Å². The van der Waals surface area contributed by atoms with E-state index < -0.39 is 36.0 Å². The minimum Gasteiger partial charge on any atom is -0.383 e. The molecule has 16 heteroatoms. The van der Waals surface area contributed by atoms with Gasteiger partial charge in [0.15, 0.2) is 0 Å². The third kappa shape index (κ3) is 5.14. The number of sulfonamides is 2. The van der Waals surface area contributed by atoms with Crippen LogP contribution in [-0.4, -0.2) is 54.0 Å². The molecule has 14 nitrogen and oxygen atoms in total. The van der Waals surface area contributed by atoms with Crippen LogP contribution in [0.15, 0.2) is 40.3 Å². The number of aromatic nitrogens is 1. The minimum atomic E-state index is -4.52. The van der Waals surface area contributed by atoms with Crippen molar-refractivity contribution in [2.24, 2.45) is 5.14 Å². The highest BCUT2D eigenvalue weighted by Crippen LogP contribution is 2.38. The van der Waals surface area contributed by atoms with Gasteiger partial charge in [0.25, 0.3) is 0 Å². The molecular formula is C17H26N10O4S2. The van der Waals surface area contributed by atoms with E-state index in [-0.39, 0.29) is 24.0 Å². The van der Waals surface area contributed by atoms with Gasteiger partial charge in [0.1, 0.15) is 21.8 Å². The highest BCUT2D eigenvalue weighted by Gasteiger charge is 2.34. The molecule has 0 aliphatic carbocycles. The molecule has 2 fully saturated rings. The van der Waals surface area contributed by atoms with E-state index in [0.29, 0.717) is 24.2 Å². The number of hydrogen-bond acceptors (Lipinski definition) is 12. The first kappa shape index (κ1) is 23.9. The summed E-state index contributed by atoms with van der Waals surface area (Å²) in [6.45, 7) is 2.11. The third-order valence-electron chi connectivity index (χ3n) is 5.29. The SMILES string of the molecule is Nc1ncccc1-c1ccc(S(=O)(=O)NC[C@H]2CNCCN2)c(S(N)(=O)=O)c1C1NNNN1. The van der Waals surface area contributed by atoms with Gasteiger partial charge in [0.05, 0.1) is 0 Å². The summed E-state index contributed by atoms with van der Waals surface area (Å²) in [5.41, 5.74) is 17.6.